The van der Waals surface area contributed by atoms with E-state index in [1.807, 2.05) is 0 Å². The van der Waals surface area contributed by atoms with Crippen LogP contribution < -0.4 is 10.5 Å². The van der Waals surface area contributed by atoms with Crippen LogP contribution in [0.2, 0.25) is 10.0 Å². The summed E-state index contributed by atoms with van der Waals surface area (Å²) in [6.45, 7) is 3.68. The van der Waals surface area contributed by atoms with Gasteiger partial charge >= 0.3 is 5.69 Å². The van der Waals surface area contributed by atoms with Gasteiger partial charge in [-0.2, -0.15) is 0 Å². The summed E-state index contributed by atoms with van der Waals surface area (Å²) in [4.78, 5) is 9.68. The molecule has 0 aliphatic carbocycles. The zero-order valence-electron chi connectivity index (χ0n) is 11.3. The topological polar surface area (TPSA) is 115 Å². The number of benzene rings is 1. The minimum Gasteiger partial charge on any atom is -0.329 e. The number of nitro groups is 1. The molecule has 3 N–H and O–H groups in total. The first-order chi connectivity index (χ1) is 9.61. The smallest absolute Gasteiger partial charge is 0.307 e. The molecule has 0 heterocycles. The van der Waals surface area contributed by atoms with Gasteiger partial charge in [0.05, 0.1) is 4.92 Å². The molecule has 0 aliphatic heterocycles. The fourth-order valence-corrected chi connectivity index (χ4v) is 3.90. The third-order valence-corrected chi connectivity index (χ3v) is 5.20. The first kappa shape index (κ1) is 18.1. The molecule has 0 saturated heterocycles. The summed E-state index contributed by atoms with van der Waals surface area (Å²) in [5.74, 6) is -0.0502. The van der Waals surface area contributed by atoms with Gasteiger partial charge in [0.2, 0.25) is 10.0 Å². The second kappa shape index (κ2) is 6.89. The Labute approximate surface area is 132 Å². The van der Waals surface area contributed by atoms with E-state index in [1.54, 1.807) is 13.8 Å². The van der Waals surface area contributed by atoms with Gasteiger partial charge in [0.25, 0.3) is 0 Å². The Balaban J connectivity index is 3.33. The minimum atomic E-state index is -4.05. The van der Waals surface area contributed by atoms with Crippen LogP contribution in [0.1, 0.15) is 13.8 Å². The first-order valence-electron chi connectivity index (χ1n) is 5.96. The van der Waals surface area contributed by atoms with Crippen molar-refractivity contribution in [2.24, 2.45) is 11.7 Å². The van der Waals surface area contributed by atoms with Crippen molar-refractivity contribution >= 4 is 38.9 Å². The van der Waals surface area contributed by atoms with Gasteiger partial charge in [0.1, 0.15) is 14.9 Å². The van der Waals surface area contributed by atoms with Gasteiger partial charge in [-0.3, -0.25) is 10.1 Å². The highest BCUT2D eigenvalue weighted by atomic mass is 35.5. The number of nitrogens with one attached hydrogen (secondary N) is 1. The number of hydrogen-bond acceptors (Lipinski definition) is 5. The zero-order chi connectivity index (χ0) is 16.4. The molecule has 118 valence electrons. The number of sulfonamides is 1. The molecule has 1 unspecified atom stereocenters. The monoisotopic (exact) mass is 355 g/mol. The Morgan fingerprint density at radius 2 is 1.95 bits per heavy atom. The van der Waals surface area contributed by atoms with E-state index in [4.69, 9.17) is 28.9 Å². The van der Waals surface area contributed by atoms with Gasteiger partial charge in [-0.25, -0.2) is 13.1 Å². The number of nitrogens with zero attached hydrogens (tertiary/aromatic N) is 1. The van der Waals surface area contributed by atoms with Crippen LogP contribution in [0, 0.1) is 16.0 Å². The van der Waals surface area contributed by atoms with Crippen molar-refractivity contribution in [3.8, 4) is 0 Å². The molecule has 7 nitrogen and oxygen atoms in total. The van der Waals surface area contributed by atoms with Gasteiger partial charge in [-0.15, -0.1) is 0 Å². The van der Waals surface area contributed by atoms with Crippen molar-refractivity contribution in [2.75, 3.05) is 6.54 Å². The summed E-state index contributed by atoms with van der Waals surface area (Å²) >= 11 is 11.5. The molecule has 1 aromatic rings. The number of rotatable bonds is 6. The van der Waals surface area contributed by atoms with Gasteiger partial charge < -0.3 is 5.73 Å². The number of hydrogen-bond donors (Lipinski definition) is 2. The van der Waals surface area contributed by atoms with Crippen LogP contribution in [0.5, 0.6) is 0 Å². The van der Waals surface area contributed by atoms with Gasteiger partial charge in [0, 0.05) is 12.6 Å². The third kappa shape index (κ3) is 4.04. The standard InChI is InChI=1S/C11H15Cl2N3O4S/c1-6(2)8(5-14)15-21(19,20)9-4-3-7(12)11(10(9)13)16(17)18/h3-4,6,8,15H,5,14H2,1-2H3. The third-order valence-electron chi connectivity index (χ3n) is 2.87. The van der Waals surface area contributed by atoms with Crippen molar-refractivity contribution in [3.05, 3.63) is 32.3 Å². The number of nitro benzene ring substituents is 1. The molecule has 10 heteroatoms. The van der Waals surface area contributed by atoms with Crippen LogP contribution in [0.3, 0.4) is 0 Å². The van der Waals surface area contributed by atoms with Crippen LogP contribution in [-0.2, 0) is 10.0 Å². The van der Waals surface area contributed by atoms with E-state index >= 15 is 0 Å². The van der Waals surface area contributed by atoms with E-state index in [0.717, 1.165) is 12.1 Å². The van der Waals surface area contributed by atoms with Crippen molar-refractivity contribution < 1.29 is 13.3 Å². The summed E-state index contributed by atoms with van der Waals surface area (Å²) in [6, 6.07) is 1.72. The minimum absolute atomic E-state index is 0.0502. The number of nitrogens with two attached hydrogens (primary N) is 1. The lowest BCUT2D eigenvalue weighted by atomic mass is 10.1. The SMILES string of the molecule is CC(C)C(CN)NS(=O)(=O)c1ccc(Cl)c([N+](=O)[O-])c1Cl. The largest absolute Gasteiger partial charge is 0.329 e. The summed E-state index contributed by atoms with van der Waals surface area (Å²) in [5.41, 5.74) is 4.87. The molecule has 0 aliphatic rings. The predicted octanol–water partition coefficient (Wildman–Crippen LogP) is 2.16. The van der Waals surface area contributed by atoms with Crippen LogP contribution in [0.25, 0.3) is 0 Å². The molecule has 1 rings (SSSR count). The average molecular weight is 356 g/mol. The van der Waals surface area contributed by atoms with E-state index in [0.29, 0.717) is 0 Å². The Hall–Kier alpha value is -0.930. The first-order valence-corrected chi connectivity index (χ1v) is 8.20. The molecule has 0 aromatic heterocycles. The summed E-state index contributed by atoms with van der Waals surface area (Å²) in [6.07, 6.45) is 0. The highest BCUT2D eigenvalue weighted by Crippen LogP contribution is 2.37. The second-order valence-electron chi connectivity index (χ2n) is 4.67. The summed E-state index contributed by atoms with van der Waals surface area (Å²) in [7, 11) is -4.05. The van der Waals surface area contributed by atoms with E-state index < -0.39 is 36.6 Å². The van der Waals surface area contributed by atoms with E-state index in [9.17, 15) is 18.5 Å². The Morgan fingerprint density at radius 1 is 1.38 bits per heavy atom. The lowest BCUT2D eigenvalue weighted by molar-refractivity contribution is -0.384. The Bertz CT molecular complexity index is 649. The quantitative estimate of drug-likeness (QED) is 0.599. The maximum Gasteiger partial charge on any atom is 0.307 e. The molecule has 0 spiro atoms. The fourth-order valence-electron chi connectivity index (χ4n) is 1.62. The molecule has 0 bridgehead atoms. The second-order valence-corrected chi connectivity index (χ2v) is 7.14. The van der Waals surface area contributed by atoms with Gasteiger partial charge in [-0.05, 0) is 18.1 Å². The summed E-state index contributed by atoms with van der Waals surface area (Å²) < 4.78 is 27.0. The van der Waals surface area contributed by atoms with Crippen LogP contribution in [-0.4, -0.2) is 25.9 Å². The molecule has 21 heavy (non-hydrogen) atoms. The molecule has 1 atom stereocenters. The van der Waals surface area contributed by atoms with Crippen LogP contribution in [0.4, 0.5) is 5.69 Å². The fraction of sp³-hybridized carbons (Fsp3) is 0.455. The predicted molar refractivity (Wildman–Crippen MR) is 81.1 cm³/mol. The Morgan fingerprint density at radius 3 is 2.38 bits per heavy atom. The lowest BCUT2D eigenvalue weighted by Crippen LogP contribution is -2.43. The molecular weight excluding hydrogens is 341 g/mol. The molecular formula is C11H15Cl2N3O4S. The summed E-state index contributed by atoms with van der Waals surface area (Å²) in [5, 5.41) is 10.1. The molecule has 0 saturated carbocycles. The van der Waals surface area contributed by atoms with Crippen molar-refractivity contribution in [3.63, 3.8) is 0 Å². The molecule has 0 radical (unpaired) electrons. The van der Waals surface area contributed by atoms with Crippen LogP contribution >= 0.6 is 23.2 Å². The average Bonchev–Trinajstić information content (AvgIpc) is 2.34. The maximum absolute atomic E-state index is 12.3. The van der Waals surface area contributed by atoms with E-state index in [1.165, 1.54) is 0 Å². The van der Waals surface area contributed by atoms with E-state index in [-0.39, 0.29) is 17.5 Å². The van der Waals surface area contributed by atoms with Gasteiger partial charge in [0.15, 0.2) is 0 Å². The molecule has 0 amide bonds. The highest BCUT2D eigenvalue weighted by Gasteiger charge is 2.29. The lowest BCUT2D eigenvalue weighted by Gasteiger charge is -2.20. The Kier molecular flexibility index (Phi) is 5.94. The zero-order valence-corrected chi connectivity index (χ0v) is 13.7. The van der Waals surface area contributed by atoms with Crippen LogP contribution in [0.15, 0.2) is 17.0 Å². The van der Waals surface area contributed by atoms with Gasteiger partial charge in [-0.1, -0.05) is 37.0 Å². The highest BCUT2D eigenvalue weighted by molar-refractivity contribution is 7.89. The van der Waals surface area contributed by atoms with Crippen molar-refractivity contribution in [1.82, 2.24) is 4.72 Å². The number of halogens is 2. The van der Waals surface area contributed by atoms with Crippen molar-refractivity contribution in [2.45, 2.75) is 24.8 Å². The maximum atomic E-state index is 12.3. The molecule has 0 fully saturated rings. The molecule has 1 aromatic carbocycles. The van der Waals surface area contributed by atoms with E-state index in [2.05, 4.69) is 4.72 Å². The van der Waals surface area contributed by atoms with Crippen molar-refractivity contribution in [1.29, 1.82) is 0 Å². The normalized spacial score (nSPS) is 13.4.